The molecule has 1 aliphatic rings. The predicted octanol–water partition coefficient (Wildman–Crippen LogP) is 3.66. The van der Waals surface area contributed by atoms with Crippen LogP contribution < -0.4 is 10.1 Å². The molecule has 1 saturated heterocycles. The van der Waals surface area contributed by atoms with Crippen molar-refractivity contribution in [2.75, 3.05) is 38.2 Å². The average Bonchev–Trinajstić information content (AvgIpc) is 2.82. The first kappa shape index (κ1) is 22.3. The summed E-state index contributed by atoms with van der Waals surface area (Å²) in [4.78, 5) is 12.5. The van der Waals surface area contributed by atoms with Crippen molar-refractivity contribution in [1.29, 1.82) is 0 Å². The molecule has 0 radical (unpaired) electrons. The van der Waals surface area contributed by atoms with E-state index in [0.717, 1.165) is 16.5 Å². The minimum Gasteiger partial charge on any atom is -0.493 e. The van der Waals surface area contributed by atoms with Crippen molar-refractivity contribution in [3.05, 3.63) is 66.7 Å². The van der Waals surface area contributed by atoms with Crippen molar-refractivity contribution in [2.45, 2.75) is 17.7 Å². The first-order chi connectivity index (χ1) is 15.5. The number of ether oxygens (including phenoxy) is 2. The summed E-state index contributed by atoms with van der Waals surface area (Å²) in [6.45, 7) is 1.84. The summed E-state index contributed by atoms with van der Waals surface area (Å²) < 4.78 is 38.1. The summed E-state index contributed by atoms with van der Waals surface area (Å²) >= 11 is 0. The fourth-order valence-corrected chi connectivity index (χ4v) is 5.08. The van der Waals surface area contributed by atoms with E-state index in [-0.39, 0.29) is 17.2 Å². The van der Waals surface area contributed by atoms with Gasteiger partial charge in [0.15, 0.2) is 0 Å². The second-order valence-corrected chi connectivity index (χ2v) is 9.46. The van der Waals surface area contributed by atoms with Gasteiger partial charge in [-0.25, -0.2) is 8.42 Å². The summed E-state index contributed by atoms with van der Waals surface area (Å²) in [6, 6.07) is 20.2. The van der Waals surface area contributed by atoms with Gasteiger partial charge in [0.05, 0.1) is 24.7 Å². The van der Waals surface area contributed by atoms with E-state index in [1.165, 1.54) is 10.4 Å². The van der Waals surface area contributed by atoms with Gasteiger partial charge < -0.3 is 14.8 Å². The van der Waals surface area contributed by atoms with Crippen LogP contribution in [0, 0.1) is 0 Å². The van der Waals surface area contributed by atoms with Crippen LogP contribution >= 0.6 is 0 Å². The molecule has 8 heteroatoms. The molecule has 4 rings (SSSR count). The molecule has 1 heterocycles. The zero-order valence-electron chi connectivity index (χ0n) is 17.7. The maximum absolute atomic E-state index is 12.8. The maximum Gasteiger partial charge on any atom is 0.243 e. The number of hydrogen-bond donors (Lipinski definition) is 1. The molecule has 0 bridgehead atoms. The summed E-state index contributed by atoms with van der Waals surface area (Å²) in [6.07, 6.45) is 0.812. The third kappa shape index (κ3) is 5.27. The molecule has 1 amide bonds. The molecule has 0 aromatic heterocycles. The van der Waals surface area contributed by atoms with Crippen LogP contribution in [0.1, 0.15) is 12.8 Å². The van der Waals surface area contributed by atoms with E-state index in [9.17, 15) is 13.2 Å². The summed E-state index contributed by atoms with van der Waals surface area (Å²) in [7, 11) is -3.61. The highest BCUT2D eigenvalue weighted by atomic mass is 32.2. The number of benzene rings is 3. The lowest BCUT2D eigenvalue weighted by Crippen LogP contribution is -2.40. The van der Waals surface area contributed by atoms with E-state index >= 15 is 0 Å². The van der Waals surface area contributed by atoms with E-state index < -0.39 is 10.0 Å². The minimum atomic E-state index is -3.61. The summed E-state index contributed by atoms with van der Waals surface area (Å²) in [5.41, 5.74) is 0.458. The first-order valence-corrected chi connectivity index (χ1v) is 12.1. The highest BCUT2D eigenvalue weighted by Gasteiger charge is 2.26. The van der Waals surface area contributed by atoms with Crippen LogP contribution in [-0.4, -0.2) is 51.5 Å². The van der Waals surface area contributed by atoms with Crippen LogP contribution in [0.3, 0.4) is 0 Å². The molecule has 1 N–H and O–H groups in total. The molecule has 1 fully saturated rings. The van der Waals surface area contributed by atoms with Gasteiger partial charge in [0, 0.05) is 30.6 Å². The Bertz CT molecular complexity index is 1180. The number of amides is 1. The quantitative estimate of drug-likeness (QED) is 0.525. The van der Waals surface area contributed by atoms with Gasteiger partial charge in [-0.2, -0.15) is 4.31 Å². The van der Waals surface area contributed by atoms with E-state index in [1.54, 1.807) is 18.2 Å². The second-order valence-electron chi connectivity index (χ2n) is 7.52. The zero-order valence-corrected chi connectivity index (χ0v) is 18.5. The lowest BCUT2D eigenvalue weighted by molar-refractivity contribution is -0.116. The number of carbonyl (C=O) groups is 1. The van der Waals surface area contributed by atoms with Gasteiger partial charge in [-0.3, -0.25) is 4.79 Å². The topological polar surface area (TPSA) is 84.9 Å². The number of fused-ring (bicyclic) bond motifs is 1. The van der Waals surface area contributed by atoms with Gasteiger partial charge in [-0.1, -0.05) is 42.5 Å². The third-order valence-electron chi connectivity index (χ3n) is 5.28. The molecule has 3 aromatic rings. The Labute approximate surface area is 188 Å². The Morgan fingerprint density at radius 3 is 2.59 bits per heavy atom. The Balaban J connectivity index is 1.30. The normalized spacial score (nSPS) is 14.9. The number of morpholine rings is 1. The first-order valence-electron chi connectivity index (χ1n) is 10.6. The minimum absolute atomic E-state index is 0.163. The summed E-state index contributed by atoms with van der Waals surface area (Å²) in [5.74, 6) is 0.608. The molecule has 0 spiro atoms. The third-order valence-corrected chi connectivity index (χ3v) is 7.18. The lowest BCUT2D eigenvalue weighted by Gasteiger charge is -2.26. The highest BCUT2D eigenvalue weighted by molar-refractivity contribution is 7.89. The number of rotatable bonds is 8. The van der Waals surface area contributed by atoms with Crippen molar-refractivity contribution in [1.82, 2.24) is 4.31 Å². The SMILES string of the molecule is O=C(CCCOc1cccc2ccccc12)Nc1cccc(S(=O)(=O)N2CCOCC2)c1. The standard InChI is InChI=1S/C24H26N2O5S/c27-24(12-5-15-31-23-11-3-7-19-6-1-2-10-22(19)23)25-20-8-4-9-21(18-20)32(28,29)26-13-16-30-17-14-26/h1-4,6-11,18H,5,12-17H2,(H,25,27). The van der Waals surface area contributed by atoms with Gasteiger partial charge >= 0.3 is 0 Å². The Morgan fingerprint density at radius 2 is 1.75 bits per heavy atom. The zero-order chi connectivity index (χ0) is 22.4. The van der Waals surface area contributed by atoms with E-state index in [4.69, 9.17) is 9.47 Å². The molecule has 168 valence electrons. The van der Waals surface area contributed by atoms with Gasteiger partial charge in [0.25, 0.3) is 0 Å². The molecule has 7 nitrogen and oxygen atoms in total. The van der Waals surface area contributed by atoms with E-state index in [0.29, 0.717) is 45.0 Å². The molecule has 3 aromatic carbocycles. The molecule has 0 saturated carbocycles. The number of nitrogens with zero attached hydrogens (tertiary/aromatic N) is 1. The number of nitrogens with one attached hydrogen (secondary N) is 1. The van der Waals surface area contributed by atoms with Crippen molar-refractivity contribution >= 4 is 32.4 Å². The van der Waals surface area contributed by atoms with Crippen LogP contribution in [0.15, 0.2) is 71.6 Å². The van der Waals surface area contributed by atoms with E-state index in [1.807, 2.05) is 42.5 Å². The van der Waals surface area contributed by atoms with Crippen LogP contribution in [0.5, 0.6) is 5.75 Å². The number of carbonyl (C=O) groups excluding carboxylic acids is 1. The van der Waals surface area contributed by atoms with Crippen LogP contribution in [0.2, 0.25) is 0 Å². The fourth-order valence-electron chi connectivity index (χ4n) is 3.63. The molecule has 0 aliphatic carbocycles. The lowest BCUT2D eigenvalue weighted by atomic mass is 10.1. The van der Waals surface area contributed by atoms with E-state index in [2.05, 4.69) is 5.32 Å². The molecule has 0 atom stereocenters. The summed E-state index contributed by atoms with van der Waals surface area (Å²) in [5, 5.41) is 4.93. The highest BCUT2D eigenvalue weighted by Crippen LogP contribution is 2.25. The Kier molecular flexibility index (Phi) is 7.04. The van der Waals surface area contributed by atoms with Gasteiger partial charge in [0.1, 0.15) is 5.75 Å². The van der Waals surface area contributed by atoms with Crippen molar-refractivity contribution in [2.24, 2.45) is 0 Å². The molecular weight excluding hydrogens is 428 g/mol. The fraction of sp³-hybridized carbons (Fsp3) is 0.292. The number of hydrogen-bond acceptors (Lipinski definition) is 5. The maximum atomic E-state index is 12.8. The predicted molar refractivity (Wildman–Crippen MR) is 123 cm³/mol. The van der Waals surface area contributed by atoms with Crippen LogP contribution in [0.25, 0.3) is 10.8 Å². The van der Waals surface area contributed by atoms with Crippen molar-refractivity contribution < 1.29 is 22.7 Å². The van der Waals surface area contributed by atoms with Crippen LogP contribution in [-0.2, 0) is 19.6 Å². The van der Waals surface area contributed by atoms with Gasteiger partial charge in [0.2, 0.25) is 15.9 Å². The largest absolute Gasteiger partial charge is 0.493 e. The molecular formula is C24H26N2O5S. The van der Waals surface area contributed by atoms with Gasteiger partial charge in [-0.15, -0.1) is 0 Å². The van der Waals surface area contributed by atoms with Gasteiger partial charge in [-0.05, 0) is 36.1 Å². The number of sulfonamides is 1. The average molecular weight is 455 g/mol. The Hall–Kier alpha value is -2.94. The smallest absolute Gasteiger partial charge is 0.243 e. The number of anilines is 1. The van der Waals surface area contributed by atoms with Crippen LogP contribution in [0.4, 0.5) is 5.69 Å². The van der Waals surface area contributed by atoms with Crippen molar-refractivity contribution in [3.63, 3.8) is 0 Å². The monoisotopic (exact) mass is 454 g/mol. The molecule has 1 aliphatic heterocycles. The van der Waals surface area contributed by atoms with Crippen molar-refractivity contribution in [3.8, 4) is 5.75 Å². The second kappa shape index (κ2) is 10.1. The Morgan fingerprint density at radius 1 is 1.00 bits per heavy atom. The molecule has 0 unspecified atom stereocenters. The molecule has 32 heavy (non-hydrogen) atoms.